The zero-order valence-electron chi connectivity index (χ0n) is 20.1. The second kappa shape index (κ2) is 11.8. The number of nitrogens with zero attached hydrogens (tertiary/aromatic N) is 4. The van der Waals surface area contributed by atoms with E-state index >= 15 is 0 Å². The molecule has 1 aromatic carbocycles. The SMILES string of the molecule is Cc1cccc(C)c1CNC=O.N#CC1CN(S(=O)(=O)N2CCC[C@H](C(=O)N3CCCC3)C2)C1.[HH]. The van der Waals surface area contributed by atoms with Crippen LogP contribution in [0, 0.1) is 37.0 Å². The molecule has 4 rings (SSSR count). The van der Waals surface area contributed by atoms with Crippen LogP contribution in [-0.2, 0) is 26.3 Å². The van der Waals surface area contributed by atoms with Crippen molar-refractivity contribution in [3.05, 3.63) is 34.9 Å². The zero-order chi connectivity index (χ0) is 24.7. The third kappa shape index (κ3) is 6.14. The Balaban J connectivity index is 0.000000284. The number of carbonyl (C=O) groups is 2. The highest BCUT2D eigenvalue weighted by molar-refractivity contribution is 7.86. The fourth-order valence-corrected chi connectivity index (χ4v) is 6.48. The molecule has 1 N–H and O–H groups in total. The molecule has 3 fully saturated rings. The molecule has 3 saturated heterocycles. The van der Waals surface area contributed by atoms with Gasteiger partial charge in [-0.3, -0.25) is 9.59 Å². The largest absolute Gasteiger partial charge is 0.355 e. The smallest absolute Gasteiger partial charge is 0.282 e. The Morgan fingerprint density at radius 3 is 2.35 bits per heavy atom. The molecule has 0 unspecified atom stereocenters. The Labute approximate surface area is 204 Å². The summed E-state index contributed by atoms with van der Waals surface area (Å²) < 4.78 is 27.9. The normalized spacial score (nSPS) is 21.7. The molecule has 1 atom stereocenters. The van der Waals surface area contributed by atoms with Crippen molar-refractivity contribution in [3.63, 3.8) is 0 Å². The Morgan fingerprint density at radius 1 is 1.12 bits per heavy atom. The average Bonchev–Trinajstić information content (AvgIpc) is 3.33. The van der Waals surface area contributed by atoms with Crippen LogP contribution in [0.5, 0.6) is 0 Å². The van der Waals surface area contributed by atoms with Crippen molar-refractivity contribution < 1.29 is 19.4 Å². The zero-order valence-corrected chi connectivity index (χ0v) is 20.9. The van der Waals surface area contributed by atoms with Gasteiger partial charge in [-0.15, -0.1) is 0 Å². The van der Waals surface area contributed by atoms with E-state index in [1.54, 1.807) is 0 Å². The average molecular weight is 492 g/mol. The summed E-state index contributed by atoms with van der Waals surface area (Å²) in [6.07, 6.45) is 4.31. The lowest BCUT2D eigenvalue weighted by Gasteiger charge is -2.40. The van der Waals surface area contributed by atoms with E-state index in [1.165, 1.54) is 25.3 Å². The number of piperidine rings is 1. The molecular weight excluding hydrogens is 454 g/mol. The fraction of sp³-hybridized carbons (Fsp3) is 0.625. The van der Waals surface area contributed by atoms with Crippen molar-refractivity contribution in [2.75, 3.05) is 39.3 Å². The van der Waals surface area contributed by atoms with Gasteiger partial charge in [-0.25, -0.2) is 0 Å². The Hall–Kier alpha value is -2.48. The predicted molar refractivity (Wildman–Crippen MR) is 131 cm³/mol. The summed E-state index contributed by atoms with van der Waals surface area (Å²) in [4.78, 5) is 24.4. The molecule has 9 nitrogen and oxygen atoms in total. The number of nitrogens with one attached hydrogen (secondary N) is 1. The molecule has 10 heteroatoms. The number of carbonyl (C=O) groups excluding carboxylic acids is 2. The number of amides is 2. The molecule has 0 aliphatic carbocycles. The van der Waals surface area contributed by atoms with E-state index in [1.807, 2.05) is 11.0 Å². The summed E-state index contributed by atoms with van der Waals surface area (Å²) in [7, 11) is -3.51. The van der Waals surface area contributed by atoms with Gasteiger partial charge < -0.3 is 10.2 Å². The van der Waals surface area contributed by atoms with E-state index in [0.717, 1.165) is 45.2 Å². The van der Waals surface area contributed by atoms with Crippen LogP contribution in [0.1, 0.15) is 43.8 Å². The Bertz CT molecular complexity index is 997. The molecule has 0 radical (unpaired) electrons. The van der Waals surface area contributed by atoms with Gasteiger partial charge in [-0.1, -0.05) is 18.2 Å². The molecule has 0 bridgehead atoms. The summed E-state index contributed by atoms with van der Waals surface area (Å²) in [5, 5.41) is 11.4. The van der Waals surface area contributed by atoms with Gasteiger partial charge in [-0.05, 0) is 56.2 Å². The maximum atomic E-state index is 12.5. The number of hydrogen-bond donors (Lipinski definition) is 1. The minimum atomic E-state index is -3.51. The number of hydrogen-bond acceptors (Lipinski definition) is 5. The van der Waals surface area contributed by atoms with Gasteiger partial charge in [0.2, 0.25) is 12.3 Å². The molecule has 1 aromatic rings. The van der Waals surface area contributed by atoms with Crippen LogP contribution in [0.4, 0.5) is 0 Å². The quantitative estimate of drug-likeness (QED) is 0.610. The Morgan fingerprint density at radius 2 is 1.76 bits per heavy atom. The first-order valence-electron chi connectivity index (χ1n) is 11.9. The number of rotatable bonds is 6. The topological polar surface area (TPSA) is 114 Å². The molecule has 3 aliphatic heterocycles. The molecule has 0 spiro atoms. The van der Waals surface area contributed by atoms with E-state index in [0.29, 0.717) is 13.1 Å². The number of aryl methyl sites for hydroxylation is 2. The molecular formula is C24H37N5O4S. The summed E-state index contributed by atoms with van der Waals surface area (Å²) >= 11 is 0. The fourth-order valence-electron chi connectivity index (χ4n) is 4.69. The third-order valence-corrected chi connectivity index (χ3v) is 8.78. The first-order valence-corrected chi connectivity index (χ1v) is 13.3. The summed E-state index contributed by atoms with van der Waals surface area (Å²) in [5.74, 6) is -0.299. The predicted octanol–water partition coefficient (Wildman–Crippen LogP) is 1.82. The number of nitriles is 1. The van der Waals surface area contributed by atoms with Gasteiger partial charge in [0.1, 0.15) is 0 Å². The molecule has 0 aromatic heterocycles. The van der Waals surface area contributed by atoms with Crippen molar-refractivity contribution in [1.82, 2.24) is 18.8 Å². The highest BCUT2D eigenvalue weighted by atomic mass is 32.2. The van der Waals surface area contributed by atoms with Crippen LogP contribution in [0.2, 0.25) is 0 Å². The lowest BCUT2D eigenvalue weighted by Crippen LogP contribution is -2.57. The molecule has 3 heterocycles. The van der Waals surface area contributed by atoms with E-state index in [9.17, 15) is 18.0 Å². The van der Waals surface area contributed by atoms with Gasteiger partial charge >= 0.3 is 0 Å². The van der Waals surface area contributed by atoms with E-state index in [-0.39, 0.29) is 38.8 Å². The molecule has 3 aliphatic rings. The number of likely N-dealkylation sites (tertiary alicyclic amines) is 1. The van der Waals surface area contributed by atoms with Crippen molar-refractivity contribution in [2.24, 2.45) is 11.8 Å². The monoisotopic (exact) mass is 491 g/mol. The van der Waals surface area contributed by atoms with Crippen LogP contribution in [0.25, 0.3) is 0 Å². The maximum absolute atomic E-state index is 12.5. The molecule has 0 saturated carbocycles. The van der Waals surface area contributed by atoms with Crippen LogP contribution in [0.15, 0.2) is 18.2 Å². The second-order valence-electron chi connectivity index (χ2n) is 9.25. The van der Waals surface area contributed by atoms with Crippen LogP contribution in [-0.4, -0.2) is 73.5 Å². The second-order valence-corrected chi connectivity index (χ2v) is 11.2. The summed E-state index contributed by atoms with van der Waals surface area (Å²) in [6, 6.07) is 8.21. The first kappa shape index (κ1) is 26.1. The summed E-state index contributed by atoms with van der Waals surface area (Å²) in [6.45, 7) is 7.65. The van der Waals surface area contributed by atoms with E-state index in [2.05, 4.69) is 37.4 Å². The van der Waals surface area contributed by atoms with Gasteiger partial charge in [0, 0.05) is 47.2 Å². The van der Waals surface area contributed by atoms with Crippen LogP contribution < -0.4 is 5.32 Å². The summed E-state index contributed by atoms with van der Waals surface area (Å²) in [5.41, 5.74) is 3.67. The third-order valence-electron chi connectivity index (χ3n) is 6.84. The van der Waals surface area contributed by atoms with Crippen molar-refractivity contribution >= 4 is 22.5 Å². The van der Waals surface area contributed by atoms with Gasteiger partial charge in [0.15, 0.2) is 0 Å². The van der Waals surface area contributed by atoms with Crippen molar-refractivity contribution in [2.45, 2.75) is 46.1 Å². The standard InChI is InChI=1S/C14H22N4O3S.C10H13NO.H2/c15-8-12-9-18(10-12)22(20,21)17-7-3-4-13(11-17)14(19)16-5-1-2-6-16;1-8-4-3-5-9(2)10(8)6-11-7-12;/h12-13H,1-7,9-11H2;3-5,7H,6H2,1-2H3,(H,11,12);1H/t13-;;/m0../s1. The van der Waals surface area contributed by atoms with Crippen molar-refractivity contribution in [3.8, 4) is 6.07 Å². The van der Waals surface area contributed by atoms with Gasteiger partial charge in [-0.2, -0.15) is 22.3 Å². The maximum Gasteiger partial charge on any atom is 0.282 e. The van der Waals surface area contributed by atoms with Gasteiger partial charge in [0.05, 0.1) is 17.9 Å². The number of benzene rings is 1. The van der Waals surface area contributed by atoms with Crippen LogP contribution >= 0.6 is 0 Å². The Kier molecular flexibility index (Phi) is 9.05. The van der Waals surface area contributed by atoms with Crippen molar-refractivity contribution in [1.29, 1.82) is 5.26 Å². The minimum Gasteiger partial charge on any atom is -0.355 e. The minimum absolute atomic E-state index is 0. The first-order chi connectivity index (χ1) is 16.3. The van der Waals surface area contributed by atoms with E-state index < -0.39 is 10.2 Å². The molecule has 34 heavy (non-hydrogen) atoms. The lowest BCUT2D eigenvalue weighted by molar-refractivity contribution is -0.135. The van der Waals surface area contributed by atoms with E-state index in [4.69, 9.17) is 5.26 Å². The highest BCUT2D eigenvalue weighted by Gasteiger charge is 2.42. The molecule has 2 amide bonds. The highest BCUT2D eigenvalue weighted by Crippen LogP contribution is 2.27. The van der Waals surface area contributed by atoms with Gasteiger partial charge in [0.25, 0.3) is 10.2 Å². The lowest BCUT2D eigenvalue weighted by atomic mass is 9.98. The van der Waals surface area contributed by atoms with Crippen LogP contribution in [0.3, 0.4) is 0 Å². The molecule has 188 valence electrons.